The van der Waals surface area contributed by atoms with Crippen LogP contribution in [0.3, 0.4) is 0 Å². The Morgan fingerprint density at radius 3 is 2.48 bits per heavy atom. The second-order valence-corrected chi connectivity index (χ2v) is 6.08. The van der Waals surface area contributed by atoms with Crippen molar-refractivity contribution < 1.29 is 23.1 Å². The maximum Gasteiger partial charge on any atom is 0.289 e. The third-order valence-corrected chi connectivity index (χ3v) is 4.48. The Balaban J connectivity index is 1.60. The molecule has 25 heavy (non-hydrogen) atoms. The molecule has 3 rings (SSSR count). The van der Waals surface area contributed by atoms with Gasteiger partial charge in [-0.1, -0.05) is 6.07 Å². The Kier molecular flexibility index (Phi) is 5.45. The summed E-state index contributed by atoms with van der Waals surface area (Å²) in [5.74, 6) is -1.23. The van der Waals surface area contributed by atoms with Crippen molar-refractivity contribution in [1.29, 1.82) is 0 Å². The molecule has 1 aliphatic rings. The van der Waals surface area contributed by atoms with E-state index in [1.807, 2.05) is 0 Å². The number of hydrogen-bond acceptors (Lipinski definition) is 4. The van der Waals surface area contributed by atoms with Crippen LogP contribution in [0.15, 0.2) is 41.0 Å². The van der Waals surface area contributed by atoms with Gasteiger partial charge in [0, 0.05) is 24.7 Å². The molecule has 2 heterocycles. The van der Waals surface area contributed by atoms with Crippen molar-refractivity contribution >= 4 is 5.91 Å². The van der Waals surface area contributed by atoms with Crippen LogP contribution in [0.2, 0.25) is 0 Å². The van der Waals surface area contributed by atoms with Gasteiger partial charge in [0.05, 0.1) is 18.9 Å². The molecule has 7 heteroatoms. The summed E-state index contributed by atoms with van der Waals surface area (Å²) in [6.07, 6.45) is 2.70. The van der Waals surface area contributed by atoms with Crippen LogP contribution in [0.4, 0.5) is 8.78 Å². The number of aliphatic hydroxyl groups excluding tert-OH is 1. The van der Waals surface area contributed by atoms with E-state index in [1.165, 1.54) is 24.5 Å². The molecular weight excluding hydrogens is 330 g/mol. The van der Waals surface area contributed by atoms with E-state index in [0.717, 1.165) is 0 Å². The summed E-state index contributed by atoms with van der Waals surface area (Å²) in [5, 5.41) is 12.7. The first-order valence-corrected chi connectivity index (χ1v) is 8.23. The Morgan fingerprint density at radius 1 is 1.24 bits per heavy atom. The fraction of sp³-hybridized carbons (Fsp3) is 0.389. The highest BCUT2D eigenvalue weighted by atomic mass is 19.1. The quantitative estimate of drug-likeness (QED) is 0.870. The van der Waals surface area contributed by atoms with Crippen molar-refractivity contribution in [1.82, 2.24) is 10.2 Å². The maximum absolute atomic E-state index is 13.9. The molecule has 0 aliphatic carbocycles. The molecule has 0 spiro atoms. The summed E-state index contributed by atoms with van der Waals surface area (Å²) in [4.78, 5) is 13.9. The number of hydrogen-bond donors (Lipinski definition) is 2. The normalized spacial score (nSPS) is 16.8. The van der Waals surface area contributed by atoms with Crippen LogP contribution in [0, 0.1) is 11.6 Å². The molecule has 1 atom stereocenters. The smallest absolute Gasteiger partial charge is 0.289 e. The molecule has 1 fully saturated rings. The SMILES string of the molecule is O=C(c1ccco1)N1CCC(NC(CO)c2c(F)cccc2F)CC1. The Morgan fingerprint density at radius 2 is 1.92 bits per heavy atom. The average molecular weight is 350 g/mol. The molecule has 1 amide bonds. The van der Waals surface area contributed by atoms with Gasteiger partial charge in [0.2, 0.25) is 0 Å². The second kappa shape index (κ2) is 7.76. The molecule has 1 saturated heterocycles. The summed E-state index contributed by atoms with van der Waals surface area (Å²) >= 11 is 0. The zero-order chi connectivity index (χ0) is 17.8. The highest BCUT2D eigenvalue weighted by Gasteiger charge is 2.28. The van der Waals surface area contributed by atoms with E-state index in [-0.39, 0.29) is 17.5 Å². The van der Waals surface area contributed by atoms with Crippen LogP contribution < -0.4 is 5.32 Å². The van der Waals surface area contributed by atoms with Crippen LogP contribution >= 0.6 is 0 Å². The van der Waals surface area contributed by atoms with Crippen molar-refractivity contribution in [2.45, 2.75) is 24.9 Å². The topological polar surface area (TPSA) is 65.7 Å². The zero-order valence-electron chi connectivity index (χ0n) is 13.6. The lowest BCUT2D eigenvalue weighted by atomic mass is 10.00. The van der Waals surface area contributed by atoms with Crippen LogP contribution in [0.1, 0.15) is 35.0 Å². The van der Waals surface area contributed by atoms with Crippen LogP contribution in [0.25, 0.3) is 0 Å². The Labute approximate surface area is 144 Å². The summed E-state index contributed by atoms with van der Waals surface area (Å²) in [7, 11) is 0. The minimum atomic E-state index is -0.821. The predicted octanol–water partition coefficient (Wildman–Crippen LogP) is 2.49. The number of piperidine rings is 1. The van der Waals surface area contributed by atoms with Gasteiger partial charge in [-0.3, -0.25) is 4.79 Å². The summed E-state index contributed by atoms with van der Waals surface area (Å²) < 4.78 is 32.9. The standard InChI is InChI=1S/C18H20F2N2O3/c19-13-3-1-4-14(20)17(13)15(11-23)21-12-6-8-22(9-7-12)18(24)16-5-2-10-25-16/h1-5,10,12,15,21,23H,6-9,11H2. The monoisotopic (exact) mass is 350 g/mol. The van der Waals surface area contributed by atoms with E-state index in [2.05, 4.69) is 5.32 Å². The van der Waals surface area contributed by atoms with E-state index in [4.69, 9.17) is 4.42 Å². The highest BCUT2D eigenvalue weighted by Crippen LogP contribution is 2.23. The van der Waals surface area contributed by atoms with Gasteiger partial charge in [0.1, 0.15) is 11.6 Å². The molecule has 134 valence electrons. The largest absolute Gasteiger partial charge is 0.459 e. The van der Waals surface area contributed by atoms with Crippen molar-refractivity contribution in [3.8, 4) is 0 Å². The molecule has 0 radical (unpaired) electrons. The average Bonchev–Trinajstić information content (AvgIpc) is 3.15. The number of furan rings is 1. The fourth-order valence-corrected chi connectivity index (χ4v) is 3.16. The molecular formula is C18H20F2N2O3. The number of benzene rings is 1. The third-order valence-electron chi connectivity index (χ3n) is 4.48. The van der Waals surface area contributed by atoms with Gasteiger partial charge in [-0.25, -0.2) is 8.78 Å². The lowest BCUT2D eigenvalue weighted by molar-refractivity contribution is 0.0664. The van der Waals surface area contributed by atoms with E-state index in [1.54, 1.807) is 17.0 Å². The number of nitrogens with one attached hydrogen (secondary N) is 1. The van der Waals surface area contributed by atoms with Gasteiger partial charge >= 0.3 is 0 Å². The first-order valence-electron chi connectivity index (χ1n) is 8.23. The maximum atomic E-state index is 13.9. The molecule has 2 aromatic rings. The van der Waals surface area contributed by atoms with Crippen molar-refractivity contribution in [3.05, 3.63) is 59.6 Å². The van der Waals surface area contributed by atoms with Gasteiger partial charge in [0.25, 0.3) is 5.91 Å². The van der Waals surface area contributed by atoms with Gasteiger partial charge in [-0.05, 0) is 37.1 Å². The minimum absolute atomic E-state index is 0.0446. The first-order chi connectivity index (χ1) is 12.1. The van der Waals surface area contributed by atoms with Gasteiger partial charge < -0.3 is 19.7 Å². The highest BCUT2D eigenvalue weighted by molar-refractivity contribution is 5.91. The van der Waals surface area contributed by atoms with Crippen LogP contribution in [-0.4, -0.2) is 41.7 Å². The number of nitrogens with zero attached hydrogens (tertiary/aromatic N) is 1. The zero-order valence-corrected chi connectivity index (χ0v) is 13.6. The molecule has 1 unspecified atom stereocenters. The molecule has 1 aliphatic heterocycles. The summed E-state index contributed by atoms with van der Waals surface area (Å²) in [5.41, 5.74) is -0.154. The first kappa shape index (κ1) is 17.6. The molecule has 5 nitrogen and oxygen atoms in total. The number of rotatable bonds is 5. The van der Waals surface area contributed by atoms with Gasteiger partial charge in [0.15, 0.2) is 5.76 Å². The van der Waals surface area contributed by atoms with E-state index in [0.29, 0.717) is 31.7 Å². The summed E-state index contributed by atoms with van der Waals surface area (Å²) in [6, 6.07) is 6.06. The Hall–Kier alpha value is -2.25. The fourth-order valence-electron chi connectivity index (χ4n) is 3.16. The van der Waals surface area contributed by atoms with Gasteiger partial charge in [-0.2, -0.15) is 0 Å². The van der Waals surface area contributed by atoms with Gasteiger partial charge in [-0.15, -0.1) is 0 Å². The second-order valence-electron chi connectivity index (χ2n) is 6.08. The van der Waals surface area contributed by atoms with Crippen molar-refractivity contribution in [2.75, 3.05) is 19.7 Å². The predicted molar refractivity (Wildman–Crippen MR) is 87.0 cm³/mol. The number of carbonyl (C=O) groups is 1. The number of amides is 1. The van der Waals surface area contributed by atoms with Crippen LogP contribution in [-0.2, 0) is 0 Å². The number of likely N-dealkylation sites (tertiary alicyclic amines) is 1. The molecule has 0 bridgehead atoms. The molecule has 2 N–H and O–H groups in total. The lowest BCUT2D eigenvalue weighted by Gasteiger charge is -2.34. The van der Waals surface area contributed by atoms with E-state index < -0.39 is 24.3 Å². The molecule has 1 aromatic heterocycles. The summed E-state index contributed by atoms with van der Waals surface area (Å²) in [6.45, 7) is 0.605. The third kappa shape index (κ3) is 3.88. The number of carbonyl (C=O) groups excluding carboxylic acids is 1. The lowest BCUT2D eigenvalue weighted by Crippen LogP contribution is -2.46. The minimum Gasteiger partial charge on any atom is -0.459 e. The van der Waals surface area contributed by atoms with Crippen molar-refractivity contribution in [3.63, 3.8) is 0 Å². The van der Waals surface area contributed by atoms with E-state index >= 15 is 0 Å². The van der Waals surface area contributed by atoms with E-state index in [9.17, 15) is 18.7 Å². The van der Waals surface area contributed by atoms with Crippen LogP contribution in [0.5, 0.6) is 0 Å². The van der Waals surface area contributed by atoms with Crippen molar-refractivity contribution in [2.24, 2.45) is 0 Å². The Bertz CT molecular complexity index is 693. The molecule has 0 saturated carbocycles. The molecule has 1 aromatic carbocycles. The number of halogens is 2. The number of aliphatic hydroxyl groups is 1.